The fourth-order valence-corrected chi connectivity index (χ4v) is 1.16. The summed E-state index contributed by atoms with van der Waals surface area (Å²) < 4.78 is 5.27. The lowest BCUT2D eigenvalue weighted by Gasteiger charge is -2.23. The highest BCUT2D eigenvalue weighted by atomic mass is 127. The summed E-state index contributed by atoms with van der Waals surface area (Å²) in [6.07, 6.45) is 0.967. The van der Waals surface area contributed by atoms with Crippen LogP contribution < -0.4 is 10.6 Å². The molecule has 4 nitrogen and oxygen atoms in total. The third-order valence-corrected chi connectivity index (χ3v) is 1.76. The molecule has 0 aromatic rings. The maximum Gasteiger partial charge on any atom is 0.191 e. The standard InChI is InChI=1S/C12H27N3O.HI/c1-6-13-11(15-12(3,4)5)14-9-8-10-16-7-2;/h6-10H2,1-5H3,(H2,13,14,15);1H. The maximum absolute atomic E-state index is 5.27. The number of nitrogens with zero attached hydrogens (tertiary/aromatic N) is 1. The van der Waals surface area contributed by atoms with E-state index in [-0.39, 0.29) is 29.5 Å². The van der Waals surface area contributed by atoms with Crippen molar-refractivity contribution in [2.45, 2.75) is 46.6 Å². The molecule has 0 amide bonds. The van der Waals surface area contributed by atoms with Crippen molar-refractivity contribution >= 4 is 29.9 Å². The lowest BCUT2D eigenvalue weighted by molar-refractivity contribution is 0.146. The highest BCUT2D eigenvalue weighted by molar-refractivity contribution is 14.0. The summed E-state index contributed by atoms with van der Waals surface area (Å²) in [6.45, 7) is 13.7. The van der Waals surface area contributed by atoms with Crippen LogP contribution in [0.1, 0.15) is 41.0 Å². The van der Waals surface area contributed by atoms with Gasteiger partial charge in [-0.15, -0.1) is 24.0 Å². The largest absolute Gasteiger partial charge is 0.382 e. The van der Waals surface area contributed by atoms with Crippen molar-refractivity contribution in [1.29, 1.82) is 0 Å². The first kappa shape index (κ1) is 19.3. The summed E-state index contributed by atoms with van der Waals surface area (Å²) >= 11 is 0. The minimum absolute atomic E-state index is 0. The van der Waals surface area contributed by atoms with E-state index in [2.05, 4.69) is 43.3 Å². The number of halogens is 1. The summed E-state index contributed by atoms with van der Waals surface area (Å²) in [6, 6.07) is 0. The molecule has 0 aliphatic heterocycles. The average molecular weight is 357 g/mol. The van der Waals surface area contributed by atoms with Crippen molar-refractivity contribution < 1.29 is 4.74 Å². The van der Waals surface area contributed by atoms with Crippen molar-refractivity contribution in [3.63, 3.8) is 0 Å². The molecule has 0 unspecified atom stereocenters. The van der Waals surface area contributed by atoms with Gasteiger partial charge < -0.3 is 15.4 Å². The van der Waals surface area contributed by atoms with Gasteiger partial charge in [0, 0.05) is 31.8 Å². The van der Waals surface area contributed by atoms with Gasteiger partial charge in [0.1, 0.15) is 0 Å². The first-order valence-corrected chi connectivity index (χ1v) is 6.13. The Hall–Kier alpha value is -0.0400. The summed E-state index contributed by atoms with van der Waals surface area (Å²) in [5.41, 5.74) is 0.0426. The SMILES string of the molecule is CCNC(=NCCCOCC)NC(C)(C)C.I. The molecule has 0 fully saturated rings. The monoisotopic (exact) mass is 357 g/mol. The number of ether oxygens (including phenoxy) is 1. The molecule has 17 heavy (non-hydrogen) atoms. The third-order valence-electron chi connectivity index (χ3n) is 1.76. The fraction of sp³-hybridized carbons (Fsp3) is 0.917. The van der Waals surface area contributed by atoms with E-state index < -0.39 is 0 Å². The molecule has 5 heteroatoms. The number of aliphatic imine (C=N–C) groups is 1. The Labute approximate surface area is 123 Å². The molecule has 0 rings (SSSR count). The van der Waals surface area contributed by atoms with Crippen LogP contribution in [0.2, 0.25) is 0 Å². The number of hydrogen-bond donors (Lipinski definition) is 2. The number of hydrogen-bond acceptors (Lipinski definition) is 2. The van der Waals surface area contributed by atoms with Crippen LogP contribution in [0.3, 0.4) is 0 Å². The molecule has 0 saturated carbocycles. The van der Waals surface area contributed by atoms with Crippen LogP contribution in [-0.2, 0) is 4.74 Å². The van der Waals surface area contributed by atoms with Crippen molar-refractivity contribution in [2.75, 3.05) is 26.3 Å². The topological polar surface area (TPSA) is 45.7 Å². The Morgan fingerprint density at radius 3 is 2.35 bits per heavy atom. The smallest absolute Gasteiger partial charge is 0.191 e. The molecule has 0 saturated heterocycles. The minimum Gasteiger partial charge on any atom is -0.382 e. The third kappa shape index (κ3) is 13.9. The Morgan fingerprint density at radius 1 is 1.24 bits per heavy atom. The second kappa shape index (κ2) is 11.1. The summed E-state index contributed by atoms with van der Waals surface area (Å²) in [5.74, 6) is 0.881. The predicted octanol–water partition coefficient (Wildman–Crippen LogP) is 2.38. The summed E-state index contributed by atoms with van der Waals surface area (Å²) in [7, 11) is 0. The van der Waals surface area contributed by atoms with Gasteiger partial charge in [0.05, 0.1) is 0 Å². The molecule has 0 heterocycles. The van der Waals surface area contributed by atoms with Crippen LogP contribution in [0.4, 0.5) is 0 Å². The Bertz CT molecular complexity index is 202. The molecule has 0 bridgehead atoms. The lowest BCUT2D eigenvalue weighted by Crippen LogP contribution is -2.47. The van der Waals surface area contributed by atoms with Gasteiger partial charge >= 0.3 is 0 Å². The zero-order valence-electron chi connectivity index (χ0n) is 11.8. The molecule has 0 aromatic heterocycles. The number of nitrogens with one attached hydrogen (secondary N) is 2. The quantitative estimate of drug-likeness (QED) is 0.332. The Kier molecular flexibility index (Phi) is 12.6. The number of guanidine groups is 1. The molecule has 0 aliphatic carbocycles. The molecule has 0 radical (unpaired) electrons. The molecular formula is C12H28IN3O. The van der Waals surface area contributed by atoms with Gasteiger partial charge in [0.25, 0.3) is 0 Å². The van der Waals surface area contributed by atoms with E-state index in [9.17, 15) is 0 Å². The number of rotatable bonds is 6. The van der Waals surface area contributed by atoms with Gasteiger partial charge in [-0.05, 0) is 41.0 Å². The van der Waals surface area contributed by atoms with Crippen molar-refractivity contribution in [3.8, 4) is 0 Å². The molecule has 0 aromatic carbocycles. The van der Waals surface area contributed by atoms with E-state index in [0.29, 0.717) is 0 Å². The van der Waals surface area contributed by atoms with Crippen LogP contribution in [0, 0.1) is 0 Å². The fourth-order valence-electron chi connectivity index (χ4n) is 1.16. The molecule has 0 aliphatic rings. The van der Waals surface area contributed by atoms with E-state index in [1.165, 1.54) is 0 Å². The van der Waals surface area contributed by atoms with Gasteiger partial charge in [-0.25, -0.2) is 0 Å². The van der Waals surface area contributed by atoms with Crippen molar-refractivity contribution in [3.05, 3.63) is 0 Å². The van der Waals surface area contributed by atoms with Gasteiger partial charge in [-0.3, -0.25) is 4.99 Å². The molecule has 0 spiro atoms. The van der Waals surface area contributed by atoms with Gasteiger partial charge in [0.15, 0.2) is 5.96 Å². The molecule has 2 N–H and O–H groups in total. The summed E-state index contributed by atoms with van der Waals surface area (Å²) in [4.78, 5) is 4.49. The van der Waals surface area contributed by atoms with Gasteiger partial charge in [-0.2, -0.15) is 0 Å². The summed E-state index contributed by atoms with van der Waals surface area (Å²) in [5, 5.41) is 6.57. The maximum atomic E-state index is 5.27. The van der Waals surface area contributed by atoms with Crippen molar-refractivity contribution in [2.24, 2.45) is 4.99 Å². The van der Waals surface area contributed by atoms with E-state index in [1.54, 1.807) is 0 Å². The highest BCUT2D eigenvalue weighted by Crippen LogP contribution is 1.98. The van der Waals surface area contributed by atoms with E-state index >= 15 is 0 Å². The average Bonchev–Trinajstić information content (AvgIpc) is 2.15. The Balaban J connectivity index is 0. The minimum atomic E-state index is 0. The zero-order chi connectivity index (χ0) is 12.4. The van der Waals surface area contributed by atoms with Crippen molar-refractivity contribution in [1.82, 2.24) is 10.6 Å². The second-order valence-electron chi connectivity index (χ2n) is 4.69. The van der Waals surface area contributed by atoms with Gasteiger partial charge in [-0.1, -0.05) is 0 Å². The first-order valence-electron chi connectivity index (χ1n) is 6.13. The molecule has 104 valence electrons. The normalized spacial score (nSPS) is 11.9. The van der Waals surface area contributed by atoms with Crippen LogP contribution in [0.25, 0.3) is 0 Å². The van der Waals surface area contributed by atoms with Crippen LogP contribution in [0.15, 0.2) is 4.99 Å². The lowest BCUT2D eigenvalue weighted by atomic mass is 10.1. The Morgan fingerprint density at radius 2 is 1.88 bits per heavy atom. The first-order chi connectivity index (χ1) is 7.49. The molecule has 0 atom stereocenters. The molecular weight excluding hydrogens is 329 g/mol. The van der Waals surface area contributed by atoms with E-state index in [4.69, 9.17) is 4.74 Å². The van der Waals surface area contributed by atoms with Crippen LogP contribution >= 0.6 is 24.0 Å². The van der Waals surface area contributed by atoms with Crippen LogP contribution in [-0.4, -0.2) is 37.8 Å². The van der Waals surface area contributed by atoms with E-state index in [1.807, 2.05) is 6.92 Å². The predicted molar refractivity (Wildman–Crippen MR) is 85.4 cm³/mol. The van der Waals surface area contributed by atoms with Crippen LogP contribution in [0.5, 0.6) is 0 Å². The second-order valence-corrected chi connectivity index (χ2v) is 4.69. The zero-order valence-corrected chi connectivity index (χ0v) is 14.1. The highest BCUT2D eigenvalue weighted by Gasteiger charge is 2.11. The van der Waals surface area contributed by atoms with Gasteiger partial charge in [0.2, 0.25) is 0 Å². The van der Waals surface area contributed by atoms with E-state index in [0.717, 1.165) is 38.7 Å².